The quantitative estimate of drug-likeness (QED) is 0.835. The number of carbonyl (C=O) groups is 3. The number of carboxylic acid groups (broad SMARTS) is 1. The van der Waals surface area contributed by atoms with E-state index in [0.717, 1.165) is 0 Å². The van der Waals surface area contributed by atoms with Gasteiger partial charge in [-0.05, 0) is 18.2 Å². The molecule has 2 saturated heterocycles. The number of ether oxygens (including phenoxy) is 2. The maximum Gasteiger partial charge on any atom is 0.334 e. The number of carboxylic acids is 1. The van der Waals surface area contributed by atoms with Crippen LogP contribution in [0.5, 0.6) is 5.75 Å². The van der Waals surface area contributed by atoms with Crippen molar-refractivity contribution in [3.05, 3.63) is 23.2 Å². The molecule has 1 aromatic carbocycles. The van der Waals surface area contributed by atoms with E-state index in [0.29, 0.717) is 23.0 Å². The molecule has 2 heterocycles. The monoisotopic (exact) mass is 382 g/mol. The molecule has 0 aliphatic carbocycles. The minimum absolute atomic E-state index is 0.0145. The Morgan fingerprint density at radius 1 is 1.35 bits per heavy atom. The molecule has 3 rings (SSSR count). The molecule has 0 spiro atoms. The van der Waals surface area contributed by atoms with Gasteiger partial charge in [0, 0.05) is 24.5 Å². The van der Waals surface area contributed by atoms with E-state index in [1.54, 1.807) is 18.2 Å². The first kappa shape index (κ1) is 18.5. The first-order valence-electron chi connectivity index (χ1n) is 8.17. The molecule has 0 radical (unpaired) electrons. The second-order valence-corrected chi connectivity index (χ2v) is 6.64. The molecular formula is C17H19ClN2O6. The van der Waals surface area contributed by atoms with Crippen LogP contribution >= 0.6 is 11.6 Å². The Kier molecular flexibility index (Phi) is 5.33. The van der Waals surface area contributed by atoms with Gasteiger partial charge in [-0.3, -0.25) is 9.59 Å². The lowest BCUT2D eigenvalue weighted by Crippen LogP contribution is -2.50. The van der Waals surface area contributed by atoms with Crippen molar-refractivity contribution in [2.24, 2.45) is 5.92 Å². The topological polar surface area (TPSA) is 96.4 Å². The number of hydrogen-bond donors (Lipinski definition) is 1. The Morgan fingerprint density at radius 2 is 2.12 bits per heavy atom. The largest absolute Gasteiger partial charge is 0.495 e. The third-order valence-electron chi connectivity index (χ3n) is 4.56. The van der Waals surface area contributed by atoms with Crippen molar-refractivity contribution in [2.45, 2.75) is 12.5 Å². The smallest absolute Gasteiger partial charge is 0.334 e. The summed E-state index contributed by atoms with van der Waals surface area (Å²) in [5, 5.41) is 9.53. The molecule has 9 heteroatoms. The number of morpholine rings is 1. The molecule has 2 aliphatic rings. The molecule has 2 fully saturated rings. The molecule has 2 atom stereocenters. The molecule has 1 N–H and O–H groups in total. The average Bonchev–Trinajstić information content (AvgIpc) is 3.02. The summed E-state index contributed by atoms with van der Waals surface area (Å²) >= 11 is 6.03. The van der Waals surface area contributed by atoms with Crippen molar-refractivity contribution in [3.8, 4) is 5.75 Å². The summed E-state index contributed by atoms with van der Waals surface area (Å²) in [7, 11) is 1.50. The molecule has 8 nitrogen and oxygen atoms in total. The van der Waals surface area contributed by atoms with Crippen LogP contribution in [0.4, 0.5) is 5.69 Å². The van der Waals surface area contributed by atoms with Crippen molar-refractivity contribution >= 4 is 35.1 Å². The van der Waals surface area contributed by atoms with Crippen LogP contribution in [-0.2, 0) is 19.1 Å². The minimum Gasteiger partial charge on any atom is -0.495 e. The molecule has 1 aromatic rings. The molecule has 0 bridgehead atoms. The molecular weight excluding hydrogens is 364 g/mol. The number of methoxy groups -OCH3 is 1. The van der Waals surface area contributed by atoms with Crippen molar-refractivity contribution in [1.82, 2.24) is 4.90 Å². The van der Waals surface area contributed by atoms with Gasteiger partial charge in [0.15, 0.2) is 6.10 Å². The number of carbonyl (C=O) groups excluding carboxylic acids is 2. The average molecular weight is 383 g/mol. The first-order chi connectivity index (χ1) is 12.4. The van der Waals surface area contributed by atoms with Crippen molar-refractivity contribution in [2.75, 3.05) is 38.3 Å². The van der Waals surface area contributed by atoms with Crippen molar-refractivity contribution < 1.29 is 29.0 Å². The Labute approximate surface area is 155 Å². The summed E-state index contributed by atoms with van der Waals surface area (Å²) in [5.74, 6) is -1.59. The Bertz CT molecular complexity index is 740. The Balaban J connectivity index is 1.74. The highest BCUT2D eigenvalue weighted by molar-refractivity contribution is 6.31. The standard InChI is InChI=1S/C17H19ClN2O6/c1-25-13-3-2-11(18)7-12(13)20-8-10(6-15(20)21)16(22)19-4-5-26-14(9-19)17(23)24/h2-3,7,10,14H,4-6,8-9H2,1H3,(H,23,24). The zero-order valence-electron chi connectivity index (χ0n) is 14.2. The van der Waals surface area contributed by atoms with E-state index in [1.165, 1.54) is 16.9 Å². The molecule has 2 amide bonds. The van der Waals surface area contributed by atoms with E-state index < -0.39 is 18.0 Å². The predicted molar refractivity (Wildman–Crippen MR) is 92.4 cm³/mol. The number of rotatable bonds is 4. The van der Waals surface area contributed by atoms with E-state index in [4.69, 9.17) is 26.2 Å². The van der Waals surface area contributed by atoms with Gasteiger partial charge in [0.1, 0.15) is 5.75 Å². The number of aliphatic carboxylic acids is 1. The highest BCUT2D eigenvalue weighted by Gasteiger charge is 2.40. The number of benzene rings is 1. The fourth-order valence-corrected chi connectivity index (χ4v) is 3.40. The van der Waals surface area contributed by atoms with E-state index in [-0.39, 0.29) is 37.9 Å². The zero-order chi connectivity index (χ0) is 18.8. The molecule has 2 unspecified atom stereocenters. The van der Waals surface area contributed by atoms with Gasteiger partial charge in [0.25, 0.3) is 0 Å². The number of hydrogen-bond acceptors (Lipinski definition) is 5. The second kappa shape index (κ2) is 7.51. The van der Waals surface area contributed by atoms with Crippen LogP contribution in [0.2, 0.25) is 5.02 Å². The predicted octanol–water partition coefficient (Wildman–Crippen LogP) is 1.01. The first-order valence-corrected chi connectivity index (χ1v) is 8.55. The fourth-order valence-electron chi connectivity index (χ4n) is 3.24. The second-order valence-electron chi connectivity index (χ2n) is 6.20. The third kappa shape index (κ3) is 3.61. The van der Waals surface area contributed by atoms with Crippen LogP contribution in [0, 0.1) is 5.92 Å². The van der Waals surface area contributed by atoms with Crippen LogP contribution in [0.15, 0.2) is 18.2 Å². The maximum atomic E-state index is 12.8. The SMILES string of the molecule is COc1ccc(Cl)cc1N1CC(C(=O)N2CCOC(C(=O)O)C2)CC1=O. The Hall–Kier alpha value is -2.32. The van der Waals surface area contributed by atoms with Gasteiger partial charge in [0.2, 0.25) is 11.8 Å². The summed E-state index contributed by atoms with van der Waals surface area (Å²) in [6.45, 7) is 0.659. The van der Waals surface area contributed by atoms with Gasteiger partial charge in [-0.2, -0.15) is 0 Å². The maximum absolute atomic E-state index is 12.8. The van der Waals surface area contributed by atoms with E-state index in [1.807, 2.05) is 0 Å². The number of amides is 2. The summed E-state index contributed by atoms with van der Waals surface area (Å²) in [6.07, 6.45) is -0.974. The summed E-state index contributed by atoms with van der Waals surface area (Å²) < 4.78 is 10.4. The molecule has 140 valence electrons. The molecule has 2 aliphatic heterocycles. The summed E-state index contributed by atoms with van der Waals surface area (Å²) in [4.78, 5) is 39.2. The normalized spacial score (nSPS) is 23.2. The number of anilines is 1. The van der Waals surface area contributed by atoms with Crippen LogP contribution in [-0.4, -0.2) is 67.2 Å². The number of halogens is 1. The van der Waals surface area contributed by atoms with Crippen molar-refractivity contribution in [1.29, 1.82) is 0 Å². The third-order valence-corrected chi connectivity index (χ3v) is 4.79. The van der Waals surface area contributed by atoms with Crippen molar-refractivity contribution in [3.63, 3.8) is 0 Å². The summed E-state index contributed by atoms with van der Waals surface area (Å²) in [5.41, 5.74) is 0.519. The number of nitrogens with zero attached hydrogens (tertiary/aromatic N) is 2. The highest BCUT2D eigenvalue weighted by atomic mass is 35.5. The van der Waals surface area contributed by atoms with Crippen LogP contribution in [0.3, 0.4) is 0 Å². The van der Waals surface area contributed by atoms with Gasteiger partial charge < -0.3 is 24.4 Å². The highest BCUT2D eigenvalue weighted by Crippen LogP contribution is 2.35. The molecule has 0 aromatic heterocycles. The van der Waals surface area contributed by atoms with Crippen LogP contribution < -0.4 is 9.64 Å². The van der Waals surface area contributed by atoms with E-state index >= 15 is 0 Å². The van der Waals surface area contributed by atoms with Gasteiger partial charge in [-0.1, -0.05) is 11.6 Å². The van der Waals surface area contributed by atoms with Gasteiger partial charge in [-0.15, -0.1) is 0 Å². The van der Waals surface area contributed by atoms with Gasteiger partial charge >= 0.3 is 5.97 Å². The lowest BCUT2D eigenvalue weighted by Gasteiger charge is -2.32. The minimum atomic E-state index is -1.10. The fraction of sp³-hybridized carbons (Fsp3) is 0.471. The van der Waals surface area contributed by atoms with E-state index in [2.05, 4.69) is 0 Å². The van der Waals surface area contributed by atoms with Gasteiger partial charge in [-0.25, -0.2) is 4.79 Å². The Morgan fingerprint density at radius 3 is 2.81 bits per heavy atom. The lowest BCUT2D eigenvalue weighted by molar-refractivity contribution is -0.160. The molecule has 26 heavy (non-hydrogen) atoms. The van der Waals surface area contributed by atoms with E-state index in [9.17, 15) is 14.4 Å². The molecule has 0 saturated carbocycles. The zero-order valence-corrected chi connectivity index (χ0v) is 14.9. The lowest BCUT2D eigenvalue weighted by atomic mass is 10.1. The van der Waals surface area contributed by atoms with Gasteiger partial charge in [0.05, 0.1) is 31.9 Å². The van der Waals surface area contributed by atoms with Crippen LogP contribution in [0.25, 0.3) is 0 Å². The summed E-state index contributed by atoms with van der Waals surface area (Å²) in [6, 6.07) is 4.95. The van der Waals surface area contributed by atoms with Crippen LogP contribution in [0.1, 0.15) is 6.42 Å².